The monoisotopic (exact) mass is 386 g/mol. The third-order valence-electron chi connectivity index (χ3n) is 4.31. The van der Waals surface area contributed by atoms with E-state index in [1.165, 1.54) is 12.1 Å². The van der Waals surface area contributed by atoms with E-state index in [-0.39, 0.29) is 5.82 Å². The van der Waals surface area contributed by atoms with Crippen LogP contribution in [0.3, 0.4) is 0 Å². The van der Waals surface area contributed by atoms with Crippen molar-refractivity contribution in [1.29, 1.82) is 5.26 Å². The molecule has 140 valence electrons. The molecule has 2 aromatic carbocycles. The standard InChI is InChI=1S/C20H19FN2O3S/c1-12-9-15(23-27(4,24)25)10-17-18(12)19(13-5-7-14(21)8-6-13)16(11-22)20(2,3)26-17/h5-10,23H,1-4H3. The van der Waals surface area contributed by atoms with Gasteiger partial charge in [0.2, 0.25) is 10.0 Å². The first kappa shape index (κ1) is 18.9. The van der Waals surface area contributed by atoms with Crippen molar-refractivity contribution in [2.45, 2.75) is 26.4 Å². The van der Waals surface area contributed by atoms with Crippen LogP contribution in [-0.2, 0) is 10.0 Å². The maximum absolute atomic E-state index is 13.4. The predicted octanol–water partition coefficient (Wildman–Crippen LogP) is 4.00. The van der Waals surface area contributed by atoms with Gasteiger partial charge >= 0.3 is 0 Å². The second-order valence-electron chi connectivity index (χ2n) is 7.02. The Morgan fingerprint density at radius 1 is 1.19 bits per heavy atom. The predicted molar refractivity (Wildman–Crippen MR) is 102 cm³/mol. The molecule has 1 aliphatic rings. The van der Waals surface area contributed by atoms with E-state index in [1.54, 1.807) is 38.1 Å². The molecule has 5 nitrogen and oxygen atoms in total. The highest BCUT2D eigenvalue weighted by molar-refractivity contribution is 7.92. The minimum Gasteiger partial charge on any atom is -0.482 e. The van der Waals surface area contributed by atoms with Gasteiger partial charge in [0.05, 0.1) is 23.6 Å². The van der Waals surface area contributed by atoms with Crippen LogP contribution in [0.25, 0.3) is 5.57 Å². The third-order valence-corrected chi connectivity index (χ3v) is 4.92. The van der Waals surface area contributed by atoms with Crippen LogP contribution in [0.2, 0.25) is 0 Å². The van der Waals surface area contributed by atoms with Crippen molar-refractivity contribution in [2.75, 3.05) is 11.0 Å². The molecule has 0 aromatic heterocycles. The molecular weight excluding hydrogens is 367 g/mol. The van der Waals surface area contributed by atoms with Crippen LogP contribution in [0.1, 0.15) is 30.5 Å². The van der Waals surface area contributed by atoms with Crippen LogP contribution in [-0.4, -0.2) is 20.3 Å². The molecule has 0 saturated heterocycles. The summed E-state index contributed by atoms with van der Waals surface area (Å²) in [5.41, 5.74) is 2.65. The first-order valence-electron chi connectivity index (χ1n) is 8.24. The van der Waals surface area contributed by atoms with Crippen LogP contribution in [0.5, 0.6) is 5.75 Å². The van der Waals surface area contributed by atoms with E-state index in [0.717, 1.165) is 11.8 Å². The van der Waals surface area contributed by atoms with Crippen molar-refractivity contribution in [3.05, 3.63) is 64.5 Å². The molecule has 0 radical (unpaired) electrons. The molecule has 1 aliphatic heterocycles. The number of sulfonamides is 1. The fraction of sp³-hybridized carbons (Fsp3) is 0.250. The summed E-state index contributed by atoms with van der Waals surface area (Å²) in [7, 11) is -3.45. The zero-order chi connectivity index (χ0) is 20.0. The molecular formula is C20H19FN2O3S. The molecule has 2 aromatic rings. The largest absolute Gasteiger partial charge is 0.482 e. The summed E-state index contributed by atoms with van der Waals surface area (Å²) >= 11 is 0. The summed E-state index contributed by atoms with van der Waals surface area (Å²) in [5, 5.41) is 9.78. The van der Waals surface area contributed by atoms with Gasteiger partial charge in [0, 0.05) is 17.2 Å². The third kappa shape index (κ3) is 3.67. The van der Waals surface area contributed by atoms with E-state index in [1.807, 2.05) is 6.92 Å². The minimum absolute atomic E-state index is 0.367. The Bertz CT molecular complexity index is 1100. The van der Waals surface area contributed by atoms with Gasteiger partial charge in [-0.3, -0.25) is 4.72 Å². The van der Waals surface area contributed by atoms with Gasteiger partial charge in [-0.05, 0) is 50.1 Å². The van der Waals surface area contributed by atoms with Gasteiger partial charge in [0.15, 0.2) is 0 Å². The Morgan fingerprint density at radius 3 is 2.37 bits per heavy atom. The smallest absolute Gasteiger partial charge is 0.229 e. The highest BCUT2D eigenvalue weighted by Gasteiger charge is 2.37. The van der Waals surface area contributed by atoms with E-state index < -0.39 is 15.6 Å². The van der Waals surface area contributed by atoms with Gasteiger partial charge in [0.1, 0.15) is 17.2 Å². The van der Waals surface area contributed by atoms with Crippen molar-refractivity contribution in [2.24, 2.45) is 0 Å². The quantitative estimate of drug-likeness (QED) is 0.865. The zero-order valence-corrected chi connectivity index (χ0v) is 16.2. The second kappa shape index (κ2) is 6.39. The van der Waals surface area contributed by atoms with Crippen LogP contribution in [0, 0.1) is 24.1 Å². The highest BCUT2D eigenvalue weighted by Crippen LogP contribution is 2.46. The average molecular weight is 386 g/mol. The normalized spacial score (nSPS) is 15.6. The van der Waals surface area contributed by atoms with Crippen molar-refractivity contribution < 1.29 is 17.5 Å². The Hall–Kier alpha value is -2.85. The number of anilines is 1. The molecule has 0 fully saturated rings. The van der Waals surface area contributed by atoms with Gasteiger partial charge in [-0.15, -0.1) is 0 Å². The van der Waals surface area contributed by atoms with Crippen LogP contribution >= 0.6 is 0 Å². The number of nitrogens with zero attached hydrogens (tertiary/aromatic N) is 1. The zero-order valence-electron chi connectivity index (χ0n) is 15.4. The summed E-state index contributed by atoms with van der Waals surface area (Å²) in [5.74, 6) is 0.0956. The molecule has 0 amide bonds. The van der Waals surface area contributed by atoms with E-state index in [9.17, 15) is 18.1 Å². The SMILES string of the molecule is Cc1cc(NS(C)(=O)=O)cc2c1C(c1ccc(F)cc1)=C(C#N)C(C)(C)O2. The minimum atomic E-state index is -3.45. The molecule has 0 saturated carbocycles. The van der Waals surface area contributed by atoms with Gasteiger partial charge < -0.3 is 4.74 Å². The van der Waals surface area contributed by atoms with Gasteiger partial charge in [-0.1, -0.05) is 12.1 Å². The number of ether oxygens (including phenoxy) is 1. The molecule has 7 heteroatoms. The number of fused-ring (bicyclic) bond motifs is 1. The van der Waals surface area contributed by atoms with E-state index in [4.69, 9.17) is 4.74 Å². The summed E-state index contributed by atoms with van der Waals surface area (Å²) in [6.45, 7) is 5.35. The van der Waals surface area contributed by atoms with E-state index in [0.29, 0.717) is 33.7 Å². The average Bonchev–Trinajstić information content (AvgIpc) is 2.51. The Morgan fingerprint density at radius 2 is 1.81 bits per heavy atom. The van der Waals surface area contributed by atoms with Crippen LogP contribution < -0.4 is 9.46 Å². The van der Waals surface area contributed by atoms with Crippen LogP contribution in [0.15, 0.2) is 42.0 Å². The van der Waals surface area contributed by atoms with Crippen molar-refractivity contribution in [3.63, 3.8) is 0 Å². The topological polar surface area (TPSA) is 79.2 Å². The summed E-state index contributed by atoms with van der Waals surface area (Å²) < 4.78 is 45.1. The van der Waals surface area contributed by atoms with Crippen LogP contribution in [0.4, 0.5) is 10.1 Å². The Kier molecular flexibility index (Phi) is 4.48. The molecule has 0 spiro atoms. The lowest BCUT2D eigenvalue weighted by Gasteiger charge is -2.35. The molecule has 0 unspecified atom stereocenters. The fourth-order valence-corrected chi connectivity index (χ4v) is 3.82. The summed E-state index contributed by atoms with van der Waals surface area (Å²) in [4.78, 5) is 0. The van der Waals surface area contributed by atoms with Crippen molar-refractivity contribution in [1.82, 2.24) is 0 Å². The number of aryl methyl sites for hydroxylation is 1. The van der Waals surface area contributed by atoms with E-state index >= 15 is 0 Å². The molecule has 0 bridgehead atoms. The summed E-state index contributed by atoms with van der Waals surface area (Å²) in [6.07, 6.45) is 1.07. The number of hydrogen-bond donors (Lipinski definition) is 1. The van der Waals surface area contributed by atoms with Gasteiger partial charge in [-0.25, -0.2) is 12.8 Å². The number of hydrogen-bond acceptors (Lipinski definition) is 4. The lowest BCUT2D eigenvalue weighted by atomic mass is 9.81. The molecule has 1 heterocycles. The maximum atomic E-state index is 13.4. The van der Waals surface area contributed by atoms with Gasteiger partial charge in [-0.2, -0.15) is 5.26 Å². The van der Waals surface area contributed by atoms with Gasteiger partial charge in [0.25, 0.3) is 0 Å². The van der Waals surface area contributed by atoms with Crippen molar-refractivity contribution >= 4 is 21.3 Å². The first-order valence-corrected chi connectivity index (χ1v) is 10.1. The lowest BCUT2D eigenvalue weighted by molar-refractivity contribution is 0.149. The number of nitriles is 1. The summed E-state index contributed by atoms with van der Waals surface area (Å²) in [6, 6.07) is 11.4. The van der Waals surface area contributed by atoms with Crippen molar-refractivity contribution in [3.8, 4) is 11.8 Å². The molecule has 1 N–H and O–H groups in total. The number of halogens is 1. The number of rotatable bonds is 3. The molecule has 0 atom stereocenters. The second-order valence-corrected chi connectivity index (χ2v) is 8.77. The molecule has 27 heavy (non-hydrogen) atoms. The molecule has 0 aliphatic carbocycles. The lowest BCUT2D eigenvalue weighted by Crippen LogP contribution is -2.34. The Labute approximate surface area is 158 Å². The maximum Gasteiger partial charge on any atom is 0.229 e. The first-order chi connectivity index (χ1) is 12.5. The van der Waals surface area contributed by atoms with E-state index in [2.05, 4.69) is 10.8 Å². The Balaban J connectivity index is 2.30. The number of benzene rings is 2. The number of nitrogens with one attached hydrogen (secondary N) is 1. The fourth-order valence-electron chi connectivity index (χ4n) is 3.28. The highest BCUT2D eigenvalue weighted by atomic mass is 32.2. The molecule has 3 rings (SSSR count).